The van der Waals surface area contributed by atoms with Crippen molar-refractivity contribution in [2.75, 3.05) is 32.2 Å². The molecule has 0 saturated heterocycles. The van der Waals surface area contributed by atoms with Gasteiger partial charge in [0, 0.05) is 7.05 Å². The number of nitrogens with two attached hydrogens (primary N) is 1. The molecule has 0 aromatic heterocycles. The first-order chi connectivity index (χ1) is 9.56. The van der Waals surface area contributed by atoms with Gasteiger partial charge in [-0.3, -0.25) is 4.79 Å². The Kier molecular flexibility index (Phi) is 10.3. The summed E-state index contributed by atoms with van der Waals surface area (Å²) in [5.74, 6) is 1.74. The Hall–Kier alpha value is -0.910. The Morgan fingerprint density at radius 1 is 1.43 bits per heavy atom. The van der Waals surface area contributed by atoms with E-state index in [-0.39, 0.29) is 18.3 Å². The summed E-state index contributed by atoms with van der Waals surface area (Å²) in [6.07, 6.45) is 2.72. The van der Waals surface area contributed by atoms with Crippen LogP contribution in [0.5, 0.6) is 5.75 Å². The maximum absolute atomic E-state index is 12.0. The second-order valence-corrected chi connectivity index (χ2v) is 5.75. The first kappa shape index (κ1) is 20.1. The van der Waals surface area contributed by atoms with Gasteiger partial charge in [0.1, 0.15) is 12.4 Å². The lowest BCUT2D eigenvalue weighted by Crippen LogP contribution is -2.43. The van der Waals surface area contributed by atoms with Crippen molar-refractivity contribution < 1.29 is 9.53 Å². The molecular weight excluding hydrogens is 308 g/mol. The van der Waals surface area contributed by atoms with E-state index in [9.17, 15) is 4.79 Å². The number of amides is 1. The van der Waals surface area contributed by atoms with Crippen LogP contribution >= 0.6 is 24.2 Å². The van der Waals surface area contributed by atoms with E-state index in [2.05, 4.69) is 0 Å². The lowest BCUT2D eigenvalue weighted by molar-refractivity contribution is -0.131. The molecule has 1 atom stereocenters. The molecule has 0 saturated carbocycles. The molecular formula is C15H25ClN2O2S. The molecule has 0 radical (unpaired) electrons. The van der Waals surface area contributed by atoms with Crippen molar-refractivity contribution in [2.24, 2.45) is 5.73 Å². The van der Waals surface area contributed by atoms with Gasteiger partial charge >= 0.3 is 0 Å². The lowest BCUT2D eigenvalue weighted by Gasteiger charge is -2.21. The molecule has 0 bridgehead atoms. The van der Waals surface area contributed by atoms with Crippen molar-refractivity contribution in [2.45, 2.75) is 19.4 Å². The number of thioether (sulfide) groups is 1. The van der Waals surface area contributed by atoms with Crippen LogP contribution in [0.2, 0.25) is 0 Å². The number of carbonyl (C=O) groups excluding carboxylic acids is 1. The topological polar surface area (TPSA) is 55.6 Å². The van der Waals surface area contributed by atoms with E-state index >= 15 is 0 Å². The van der Waals surface area contributed by atoms with E-state index in [1.165, 1.54) is 0 Å². The second kappa shape index (κ2) is 10.8. The third kappa shape index (κ3) is 7.07. The molecule has 0 heterocycles. The summed E-state index contributed by atoms with van der Waals surface area (Å²) in [4.78, 5) is 13.6. The van der Waals surface area contributed by atoms with E-state index in [1.807, 2.05) is 37.4 Å². The number of benzene rings is 1. The van der Waals surface area contributed by atoms with Crippen LogP contribution in [0.25, 0.3) is 0 Å². The highest BCUT2D eigenvalue weighted by molar-refractivity contribution is 7.98. The van der Waals surface area contributed by atoms with Gasteiger partial charge in [0.05, 0.1) is 12.6 Å². The van der Waals surface area contributed by atoms with E-state index in [0.29, 0.717) is 19.6 Å². The summed E-state index contributed by atoms with van der Waals surface area (Å²) in [6, 6.07) is 7.44. The first-order valence-electron chi connectivity index (χ1n) is 6.74. The molecule has 1 aromatic rings. The van der Waals surface area contributed by atoms with Gasteiger partial charge in [0.25, 0.3) is 0 Å². The number of nitrogens with zero attached hydrogens (tertiary/aromatic N) is 1. The molecule has 4 nitrogen and oxygen atoms in total. The van der Waals surface area contributed by atoms with Gasteiger partial charge in [-0.05, 0) is 37.0 Å². The molecule has 1 rings (SSSR count). The van der Waals surface area contributed by atoms with E-state index in [0.717, 1.165) is 17.1 Å². The molecule has 0 aliphatic heterocycles. The van der Waals surface area contributed by atoms with E-state index < -0.39 is 6.04 Å². The highest BCUT2D eigenvalue weighted by Crippen LogP contribution is 2.15. The van der Waals surface area contributed by atoms with Crippen molar-refractivity contribution >= 4 is 30.1 Å². The van der Waals surface area contributed by atoms with Gasteiger partial charge in [-0.15, -0.1) is 12.4 Å². The van der Waals surface area contributed by atoms with Gasteiger partial charge in [0.2, 0.25) is 5.91 Å². The maximum Gasteiger partial charge on any atom is 0.239 e. The smallest absolute Gasteiger partial charge is 0.239 e. The number of para-hydroxylation sites is 1. The van der Waals surface area contributed by atoms with Crippen molar-refractivity contribution in [1.29, 1.82) is 0 Å². The Morgan fingerprint density at radius 3 is 2.71 bits per heavy atom. The molecule has 21 heavy (non-hydrogen) atoms. The van der Waals surface area contributed by atoms with E-state index in [4.69, 9.17) is 10.5 Å². The number of hydrogen-bond donors (Lipinski definition) is 1. The Labute approximate surface area is 137 Å². The molecule has 120 valence electrons. The first-order valence-corrected chi connectivity index (χ1v) is 8.13. The van der Waals surface area contributed by atoms with Crippen LogP contribution in [0.3, 0.4) is 0 Å². The number of aryl methyl sites for hydroxylation is 1. The molecule has 0 aliphatic carbocycles. The number of hydrogen-bond acceptors (Lipinski definition) is 4. The Balaban J connectivity index is 0.00000400. The molecule has 2 N–H and O–H groups in total. The average molecular weight is 333 g/mol. The highest BCUT2D eigenvalue weighted by Gasteiger charge is 2.17. The van der Waals surface area contributed by atoms with Crippen LogP contribution in [-0.2, 0) is 4.79 Å². The zero-order valence-corrected chi connectivity index (χ0v) is 14.5. The molecule has 0 unspecified atom stereocenters. The molecule has 0 spiro atoms. The average Bonchev–Trinajstić information content (AvgIpc) is 2.45. The van der Waals surface area contributed by atoms with Gasteiger partial charge in [-0.1, -0.05) is 18.2 Å². The zero-order chi connectivity index (χ0) is 15.0. The lowest BCUT2D eigenvalue weighted by atomic mass is 10.2. The van der Waals surface area contributed by atoms with Crippen molar-refractivity contribution in [3.8, 4) is 5.75 Å². The monoisotopic (exact) mass is 332 g/mol. The standard InChI is InChI=1S/C15H24N2O2S.ClH/c1-12-6-4-5-7-14(12)19-10-9-17(2)15(18)13(16)8-11-20-3;/h4-7,13H,8-11,16H2,1-3H3;1H/t13-;/m0./s1. The second-order valence-electron chi connectivity index (χ2n) is 4.76. The number of likely N-dealkylation sites (N-methyl/N-ethyl adjacent to an activating group) is 1. The van der Waals surface area contributed by atoms with Gasteiger partial charge in [-0.25, -0.2) is 0 Å². The largest absolute Gasteiger partial charge is 0.491 e. The number of halogens is 1. The minimum absolute atomic E-state index is 0. The number of rotatable bonds is 8. The third-order valence-corrected chi connectivity index (χ3v) is 3.75. The normalized spacial score (nSPS) is 11.4. The minimum atomic E-state index is -0.411. The number of ether oxygens (including phenoxy) is 1. The summed E-state index contributed by atoms with van der Waals surface area (Å²) < 4.78 is 5.68. The Morgan fingerprint density at radius 2 is 2.10 bits per heavy atom. The third-order valence-electron chi connectivity index (χ3n) is 3.10. The van der Waals surface area contributed by atoms with Crippen LogP contribution in [-0.4, -0.2) is 49.1 Å². The SMILES string of the molecule is CSCC[C@H](N)C(=O)N(C)CCOc1ccccc1C.Cl. The molecule has 0 aliphatic rings. The highest BCUT2D eigenvalue weighted by atomic mass is 35.5. The van der Waals surface area contributed by atoms with Crippen LogP contribution in [0.4, 0.5) is 0 Å². The quantitative estimate of drug-likeness (QED) is 0.794. The van der Waals surface area contributed by atoms with Crippen molar-refractivity contribution in [3.63, 3.8) is 0 Å². The molecule has 6 heteroatoms. The zero-order valence-electron chi connectivity index (χ0n) is 12.9. The predicted octanol–water partition coefficient (Wildman–Crippen LogP) is 2.33. The van der Waals surface area contributed by atoms with Crippen LogP contribution < -0.4 is 10.5 Å². The predicted molar refractivity (Wildman–Crippen MR) is 92.5 cm³/mol. The van der Waals surface area contributed by atoms with Gasteiger partial charge in [0.15, 0.2) is 0 Å². The van der Waals surface area contributed by atoms with E-state index in [1.54, 1.807) is 23.7 Å². The fourth-order valence-electron chi connectivity index (χ4n) is 1.77. The van der Waals surface area contributed by atoms with Crippen LogP contribution in [0.15, 0.2) is 24.3 Å². The van der Waals surface area contributed by atoms with Gasteiger partial charge in [-0.2, -0.15) is 11.8 Å². The summed E-state index contributed by atoms with van der Waals surface area (Å²) >= 11 is 1.70. The summed E-state index contributed by atoms with van der Waals surface area (Å²) in [7, 11) is 1.77. The molecule has 1 amide bonds. The van der Waals surface area contributed by atoms with Gasteiger partial charge < -0.3 is 15.4 Å². The summed E-state index contributed by atoms with van der Waals surface area (Å²) in [5, 5.41) is 0. The van der Waals surface area contributed by atoms with Crippen molar-refractivity contribution in [3.05, 3.63) is 29.8 Å². The van der Waals surface area contributed by atoms with Crippen LogP contribution in [0.1, 0.15) is 12.0 Å². The molecule has 1 aromatic carbocycles. The van der Waals surface area contributed by atoms with Crippen LogP contribution in [0, 0.1) is 6.92 Å². The Bertz CT molecular complexity index is 432. The maximum atomic E-state index is 12.0. The minimum Gasteiger partial charge on any atom is -0.491 e. The molecule has 0 fully saturated rings. The summed E-state index contributed by atoms with van der Waals surface area (Å²) in [6.45, 7) is 3.02. The fourth-order valence-corrected chi connectivity index (χ4v) is 2.26. The fraction of sp³-hybridized carbons (Fsp3) is 0.533. The van der Waals surface area contributed by atoms with Crippen molar-refractivity contribution in [1.82, 2.24) is 4.90 Å². The number of carbonyl (C=O) groups is 1. The summed E-state index contributed by atoms with van der Waals surface area (Å²) in [5.41, 5.74) is 6.96.